The fraction of sp³-hybridized carbons (Fsp3) is 0.167. The third kappa shape index (κ3) is 4.10. The highest BCUT2D eigenvalue weighted by Crippen LogP contribution is 2.22. The van der Waals surface area contributed by atoms with Crippen LogP contribution in [0.2, 0.25) is 5.02 Å². The number of aromatic nitrogens is 2. The number of nitrogens with two attached hydrogens (primary N) is 1. The number of hydrogen-bond acceptors (Lipinski definition) is 3. The predicted octanol–water partition coefficient (Wildman–Crippen LogP) is 2.75. The van der Waals surface area contributed by atoms with Crippen molar-refractivity contribution in [2.45, 2.75) is 13.0 Å². The number of carbonyl (C=O) groups is 1. The van der Waals surface area contributed by atoms with Crippen molar-refractivity contribution in [1.82, 2.24) is 9.78 Å². The van der Waals surface area contributed by atoms with Crippen molar-refractivity contribution in [3.63, 3.8) is 0 Å². The summed E-state index contributed by atoms with van der Waals surface area (Å²) in [6.07, 6.45) is 3.94. The molecule has 1 heterocycles. The third-order valence-electron chi connectivity index (χ3n) is 2.46. The summed E-state index contributed by atoms with van der Waals surface area (Å²) in [6, 6.07) is 4.97. The lowest BCUT2D eigenvalue weighted by molar-refractivity contribution is -0.116. The molecule has 0 saturated carbocycles. The maximum atomic E-state index is 11.8. The number of carbonyl (C=O) groups excluding carboxylic acids is 1. The molecule has 0 spiro atoms. The average molecular weight is 391 g/mol. The third-order valence-corrected chi connectivity index (χ3v) is 3.25. The van der Waals surface area contributed by atoms with Gasteiger partial charge in [-0.1, -0.05) is 11.6 Å². The molecule has 5 nitrogen and oxygen atoms in total. The first kappa shape index (κ1) is 14.1. The Morgan fingerprint density at radius 2 is 2.32 bits per heavy atom. The zero-order chi connectivity index (χ0) is 13.8. The minimum atomic E-state index is -0.125. The SMILES string of the molecule is Nc1ccc(Cl)cc1NC(=O)CCn1cc(I)cn1. The molecule has 19 heavy (non-hydrogen) atoms. The topological polar surface area (TPSA) is 72.9 Å². The summed E-state index contributed by atoms with van der Waals surface area (Å²) in [7, 11) is 0. The molecule has 0 unspecified atom stereocenters. The molecule has 0 fully saturated rings. The molecule has 0 aliphatic carbocycles. The molecule has 100 valence electrons. The van der Waals surface area contributed by atoms with Crippen molar-refractivity contribution >= 4 is 51.5 Å². The molecule has 2 aromatic rings. The number of hydrogen-bond donors (Lipinski definition) is 2. The largest absolute Gasteiger partial charge is 0.397 e. The van der Waals surface area contributed by atoms with Gasteiger partial charge in [-0.3, -0.25) is 9.48 Å². The lowest BCUT2D eigenvalue weighted by Gasteiger charge is -2.08. The smallest absolute Gasteiger partial charge is 0.226 e. The summed E-state index contributed by atoms with van der Waals surface area (Å²) in [5, 5.41) is 7.38. The minimum absolute atomic E-state index is 0.125. The number of halogens is 2. The molecule has 1 aromatic carbocycles. The number of nitrogen functional groups attached to an aromatic ring is 1. The van der Waals surface area contributed by atoms with E-state index in [1.54, 1.807) is 29.1 Å². The lowest BCUT2D eigenvalue weighted by atomic mass is 10.2. The van der Waals surface area contributed by atoms with Crippen LogP contribution in [0.3, 0.4) is 0 Å². The van der Waals surface area contributed by atoms with E-state index < -0.39 is 0 Å². The van der Waals surface area contributed by atoms with Crippen molar-refractivity contribution in [2.24, 2.45) is 0 Å². The molecule has 0 atom stereocenters. The number of anilines is 2. The van der Waals surface area contributed by atoms with Gasteiger partial charge < -0.3 is 11.1 Å². The highest BCUT2D eigenvalue weighted by molar-refractivity contribution is 14.1. The summed E-state index contributed by atoms with van der Waals surface area (Å²) in [5.41, 5.74) is 6.78. The Kier molecular flexibility index (Phi) is 4.65. The van der Waals surface area contributed by atoms with Crippen LogP contribution >= 0.6 is 34.2 Å². The molecule has 0 aliphatic heterocycles. The van der Waals surface area contributed by atoms with Crippen LogP contribution in [0.1, 0.15) is 6.42 Å². The van der Waals surface area contributed by atoms with Gasteiger partial charge in [-0.15, -0.1) is 0 Å². The van der Waals surface area contributed by atoms with E-state index in [2.05, 4.69) is 33.0 Å². The normalized spacial score (nSPS) is 10.4. The molecule has 3 N–H and O–H groups in total. The summed E-state index contributed by atoms with van der Waals surface area (Å²) >= 11 is 8.02. The van der Waals surface area contributed by atoms with Crippen LogP contribution in [0, 0.1) is 3.57 Å². The van der Waals surface area contributed by atoms with Gasteiger partial charge >= 0.3 is 0 Å². The fourth-order valence-corrected chi connectivity index (χ4v) is 2.14. The van der Waals surface area contributed by atoms with Gasteiger partial charge in [0, 0.05) is 24.2 Å². The fourth-order valence-electron chi connectivity index (χ4n) is 1.53. The van der Waals surface area contributed by atoms with Gasteiger partial charge in [0.05, 0.1) is 21.1 Å². The van der Waals surface area contributed by atoms with E-state index in [0.717, 1.165) is 3.57 Å². The van der Waals surface area contributed by atoms with Crippen LogP contribution in [0.4, 0.5) is 11.4 Å². The van der Waals surface area contributed by atoms with Crippen molar-refractivity contribution < 1.29 is 4.79 Å². The van der Waals surface area contributed by atoms with Gasteiger partial charge in [0.2, 0.25) is 5.91 Å². The summed E-state index contributed by atoms with van der Waals surface area (Å²) in [5.74, 6) is -0.125. The Balaban J connectivity index is 1.92. The summed E-state index contributed by atoms with van der Waals surface area (Å²) < 4.78 is 2.76. The maximum Gasteiger partial charge on any atom is 0.226 e. The Bertz CT molecular complexity index is 599. The number of benzene rings is 1. The zero-order valence-electron chi connectivity index (χ0n) is 9.94. The monoisotopic (exact) mass is 390 g/mol. The molecule has 2 rings (SSSR count). The van der Waals surface area contributed by atoms with E-state index in [4.69, 9.17) is 17.3 Å². The van der Waals surface area contributed by atoms with Gasteiger partial charge in [0.25, 0.3) is 0 Å². The molecular weight excluding hydrogens is 379 g/mol. The molecule has 0 saturated heterocycles. The van der Waals surface area contributed by atoms with Crippen molar-refractivity contribution in [1.29, 1.82) is 0 Å². The van der Waals surface area contributed by atoms with Crippen LogP contribution in [0.25, 0.3) is 0 Å². The molecule has 1 amide bonds. The van der Waals surface area contributed by atoms with Gasteiger partial charge in [-0.2, -0.15) is 5.10 Å². The van der Waals surface area contributed by atoms with Crippen molar-refractivity contribution in [3.8, 4) is 0 Å². The van der Waals surface area contributed by atoms with Crippen LogP contribution in [0.15, 0.2) is 30.6 Å². The Morgan fingerprint density at radius 1 is 1.53 bits per heavy atom. The molecule has 0 bridgehead atoms. The van der Waals surface area contributed by atoms with Crippen LogP contribution < -0.4 is 11.1 Å². The van der Waals surface area contributed by atoms with E-state index >= 15 is 0 Å². The standard InChI is InChI=1S/C12H12ClIN4O/c13-8-1-2-10(15)11(5-8)17-12(19)3-4-18-7-9(14)6-16-18/h1-2,5-7H,3-4,15H2,(H,17,19). The molecule has 0 radical (unpaired) electrons. The first-order chi connectivity index (χ1) is 9.04. The zero-order valence-corrected chi connectivity index (χ0v) is 12.9. The van der Waals surface area contributed by atoms with E-state index in [9.17, 15) is 4.79 Å². The summed E-state index contributed by atoms with van der Waals surface area (Å²) in [6.45, 7) is 0.523. The second kappa shape index (κ2) is 6.25. The second-order valence-electron chi connectivity index (χ2n) is 3.95. The van der Waals surface area contributed by atoms with Gasteiger partial charge in [-0.25, -0.2) is 0 Å². The first-order valence-corrected chi connectivity index (χ1v) is 7.03. The molecule has 1 aromatic heterocycles. The number of nitrogens with zero attached hydrogens (tertiary/aromatic N) is 2. The highest BCUT2D eigenvalue weighted by Gasteiger charge is 2.06. The Hall–Kier alpha value is -1.28. The Labute approximate surface area is 129 Å². The number of rotatable bonds is 4. The number of nitrogens with one attached hydrogen (secondary N) is 1. The predicted molar refractivity (Wildman–Crippen MR) is 84.1 cm³/mol. The highest BCUT2D eigenvalue weighted by atomic mass is 127. The quantitative estimate of drug-likeness (QED) is 0.623. The first-order valence-electron chi connectivity index (χ1n) is 5.57. The average Bonchev–Trinajstić information content (AvgIpc) is 2.77. The maximum absolute atomic E-state index is 11.8. The molecule has 7 heteroatoms. The van der Waals surface area contributed by atoms with E-state index in [-0.39, 0.29) is 5.91 Å². The molecular formula is C12H12ClIN4O. The number of aryl methyl sites for hydroxylation is 1. The van der Waals surface area contributed by atoms with Gasteiger partial charge in [-0.05, 0) is 40.8 Å². The van der Waals surface area contributed by atoms with E-state index in [0.29, 0.717) is 29.4 Å². The van der Waals surface area contributed by atoms with E-state index in [1.165, 1.54) is 0 Å². The van der Waals surface area contributed by atoms with Gasteiger partial charge in [0.15, 0.2) is 0 Å². The van der Waals surface area contributed by atoms with Crippen LogP contribution in [0.5, 0.6) is 0 Å². The van der Waals surface area contributed by atoms with E-state index in [1.807, 2.05) is 6.20 Å². The summed E-state index contributed by atoms with van der Waals surface area (Å²) in [4.78, 5) is 11.8. The Morgan fingerprint density at radius 3 is 3.00 bits per heavy atom. The lowest BCUT2D eigenvalue weighted by Crippen LogP contribution is -2.15. The minimum Gasteiger partial charge on any atom is -0.397 e. The van der Waals surface area contributed by atoms with Crippen molar-refractivity contribution in [2.75, 3.05) is 11.1 Å². The molecule has 0 aliphatic rings. The van der Waals surface area contributed by atoms with Crippen LogP contribution in [-0.4, -0.2) is 15.7 Å². The van der Waals surface area contributed by atoms with Crippen LogP contribution in [-0.2, 0) is 11.3 Å². The second-order valence-corrected chi connectivity index (χ2v) is 5.63. The van der Waals surface area contributed by atoms with Crippen molar-refractivity contribution in [3.05, 3.63) is 39.2 Å². The van der Waals surface area contributed by atoms with Gasteiger partial charge in [0.1, 0.15) is 0 Å². The number of amides is 1.